The minimum atomic E-state index is -0.499. The number of rotatable bonds is 8. The SMILES string of the molecule is CC(C)c1sncc1-c1cc(F)cc(C(=O)NCCC(=O)OCc2ccccc2)c1. The number of halogens is 1. The highest BCUT2D eigenvalue weighted by atomic mass is 32.1. The number of ether oxygens (including phenoxy) is 1. The van der Waals surface area contributed by atoms with Gasteiger partial charge in [-0.3, -0.25) is 9.59 Å². The molecule has 3 aromatic rings. The Hall–Kier alpha value is -3.06. The first kappa shape index (κ1) is 21.6. The van der Waals surface area contributed by atoms with Gasteiger partial charge in [0.2, 0.25) is 0 Å². The van der Waals surface area contributed by atoms with E-state index in [9.17, 15) is 14.0 Å². The fourth-order valence-corrected chi connectivity index (χ4v) is 3.70. The van der Waals surface area contributed by atoms with Crippen LogP contribution in [0.4, 0.5) is 4.39 Å². The van der Waals surface area contributed by atoms with Crippen molar-refractivity contribution < 1.29 is 18.7 Å². The van der Waals surface area contributed by atoms with Crippen molar-refractivity contribution in [1.82, 2.24) is 9.69 Å². The van der Waals surface area contributed by atoms with Crippen molar-refractivity contribution in [3.05, 3.63) is 76.5 Å². The highest BCUT2D eigenvalue weighted by molar-refractivity contribution is 7.06. The fraction of sp³-hybridized carbons (Fsp3) is 0.261. The summed E-state index contributed by atoms with van der Waals surface area (Å²) in [5, 5.41) is 2.65. The minimum absolute atomic E-state index is 0.0344. The normalized spacial score (nSPS) is 10.8. The van der Waals surface area contributed by atoms with Crippen LogP contribution >= 0.6 is 11.5 Å². The number of benzene rings is 2. The summed E-state index contributed by atoms with van der Waals surface area (Å²) >= 11 is 1.37. The molecule has 3 rings (SSSR count). The lowest BCUT2D eigenvalue weighted by molar-refractivity contribution is -0.144. The van der Waals surface area contributed by atoms with Gasteiger partial charge in [0.15, 0.2) is 0 Å². The van der Waals surface area contributed by atoms with E-state index >= 15 is 0 Å². The van der Waals surface area contributed by atoms with Crippen LogP contribution in [0.3, 0.4) is 0 Å². The van der Waals surface area contributed by atoms with Gasteiger partial charge >= 0.3 is 5.97 Å². The summed E-state index contributed by atoms with van der Waals surface area (Å²) in [6.07, 6.45) is 1.73. The number of aromatic nitrogens is 1. The molecule has 0 bridgehead atoms. The third kappa shape index (κ3) is 5.73. The first-order valence-electron chi connectivity index (χ1n) is 9.67. The van der Waals surface area contributed by atoms with Crippen LogP contribution in [0.1, 0.15) is 47.0 Å². The Morgan fingerprint density at radius 1 is 1.17 bits per heavy atom. The van der Waals surface area contributed by atoms with E-state index < -0.39 is 17.7 Å². The lowest BCUT2D eigenvalue weighted by Crippen LogP contribution is -2.26. The largest absolute Gasteiger partial charge is 0.461 e. The molecule has 1 heterocycles. The van der Waals surface area contributed by atoms with Gasteiger partial charge in [-0.05, 0) is 46.8 Å². The van der Waals surface area contributed by atoms with E-state index in [2.05, 4.69) is 9.69 Å². The van der Waals surface area contributed by atoms with Crippen molar-refractivity contribution in [2.45, 2.75) is 32.8 Å². The molecule has 2 aromatic carbocycles. The van der Waals surface area contributed by atoms with Crippen molar-refractivity contribution in [2.24, 2.45) is 0 Å². The van der Waals surface area contributed by atoms with E-state index in [0.717, 1.165) is 16.0 Å². The number of hydrogen-bond donors (Lipinski definition) is 1. The maximum atomic E-state index is 14.2. The summed E-state index contributed by atoms with van der Waals surface area (Å²) in [7, 11) is 0. The van der Waals surface area contributed by atoms with E-state index in [1.165, 1.54) is 23.7 Å². The highest BCUT2D eigenvalue weighted by Gasteiger charge is 2.15. The van der Waals surface area contributed by atoms with Gasteiger partial charge in [0, 0.05) is 28.7 Å². The Morgan fingerprint density at radius 2 is 1.93 bits per heavy atom. The molecule has 0 spiro atoms. The molecule has 0 saturated heterocycles. The number of esters is 1. The van der Waals surface area contributed by atoms with Gasteiger partial charge in [-0.2, -0.15) is 0 Å². The van der Waals surface area contributed by atoms with Gasteiger partial charge in [-0.25, -0.2) is 8.76 Å². The smallest absolute Gasteiger partial charge is 0.307 e. The summed E-state index contributed by atoms with van der Waals surface area (Å²) in [5.41, 5.74) is 2.53. The second kappa shape index (κ2) is 10.1. The molecule has 1 aromatic heterocycles. The standard InChI is InChI=1S/C23H23FN2O3S/c1-15(2)22-20(13-26-30-22)17-10-18(12-19(24)11-17)23(28)25-9-8-21(27)29-14-16-6-4-3-5-7-16/h3-7,10-13,15H,8-9,14H2,1-2H3,(H,25,28). The molecule has 156 valence electrons. The lowest BCUT2D eigenvalue weighted by atomic mass is 10.00. The third-order valence-electron chi connectivity index (χ3n) is 4.45. The maximum Gasteiger partial charge on any atom is 0.307 e. The maximum absolute atomic E-state index is 14.2. The molecule has 0 atom stereocenters. The third-order valence-corrected chi connectivity index (χ3v) is 5.55. The van der Waals surface area contributed by atoms with Crippen LogP contribution in [0.2, 0.25) is 0 Å². The molecule has 5 nitrogen and oxygen atoms in total. The summed E-state index contributed by atoms with van der Waals surface area (Å²) in [4.78, 5) is 25.4. The number of nitrogens with one attached hydrogen (secondary N) is 1. The predicted octanol–water partition coefficient (Wildman–Crippen LogP) is 4.94. The Kier molecular flexibility index (Phi) is 7.30. The summed E-state index contributed by atoms with van der Waals surface area (Å²) < 4.78 is 23.5. The van der Waals surface area contributed by atoms with Gasteiger partial charge in [-0.15, -0.1) is 0 Å². The second-order valence-corrected chi connectivity index (χ2v) is 7.97. The van der Waals surface area contributed by atoms with Gasteiger partial charge in [0.05, 0.1) is 6.42 Å². The van der Waals surface area contributed by atoms with Gasteiger partial charge < -0.3 is 10.1 Å². The summed E-state index contributed by atoms with van der Waals surface area (Å²) in [5.74, 6) is -1.11. The number of hydrogen-bond acceptors (Lipinski definition) is 5. The summed E-state index contributed by atoms with van der Waals surface area (Å²) in [6, 6.07) is 13.6. The molecule has 0 saturated carbocycles. The minimum Gasteiger partial charge on any atom is -0.461 e. The molecule has 0 fully saturated rings. The Morgan fingerprint density at radius 3 is 2.67 bits per heavy atom. The Labute approximate surface area is 179 Å². The fourth-order valence-electron chi connectivity index (χ4n) is 2.95. The molecular weight excluding hydrogens is 403 g/mol. The molecule has 0 aliphatic heterocycles. The number of amides is 1. The first-order chi connectivity index (χ1) is 14.4. The Balaban J connectivity index is 1.57. The van der Waals surface area contributed by atoms with Crippen LogP contribution in [0, 0.1) is 5.82 Å². The van der Waals surface area contributed by atoms with Crippen LogP contribution in [-0.2, 0) is 16.1 Å². The number of carbonyl (C=O) groups is 2. The number of nitrogens with zero attached hydrogens (tertiary/aromatic N) is 1. The average molecular weight is 427 g/mol. The van der Waals surface area contributed by atoms with Gasteiger partial charge in [-0.1, -0.05) is 44.2 Å². The Bertz CT molecular complexity index is 1020. The van der Waals surface area contributed by atoms with E-state index in [4.69, 9.17) is 4.74 Å². The van der Waals surface area contributed by atoms with Crippen molar-refractivity contribution in [1.29, 1.82) is 0 Å². The lowest BCUT2D eigenvalue weighted by Gasteiger charge is -2.10. The van der Waals surface area contributed by atoms with Crippen molar-refractivity contribution in [2.75, 3.05) is 6.54 Å². The molecule has 1 N–H and O–H groups in total. The van der Waals surface area contributed by atoms with E-state index in [1.54, 1.807) is 12.3 Å². The quantitative estimate of drug-likeness (QED) is 0.518. The van der Waals surface area contributed by atoms with Crippen molar-refractivity contribution in [3.8, 4) is 11.1 Å². The average Bonchev–Trinajstić information content (AvgIpc) is 3.23. The zero-order valence-electron chi connectivity index (χ0n) is 16.9. The van der Waals surface area contributed by atoms with Crippen LogP contribution in [0.5, 0.6) is 0 Å². The van der Waals surface area contributed by atoms with E-state index in [1.807, 2.05) is 44.2 Å². The molecule has 30 heavy (non-hydrogen) atoms. The molecule has 0 aliphatic carbocycles. The van der Waals surface area contributed by atoms with E-state index in [0.29, 0.717) is 5.56 Å². The summed E-state index contributed by atoms with van der Waals surface area (Å²) in [6.45, 7) is 4.38. The monoisotopic (exact) mass is 426 g/mol. The van der Waals surface area contributed by atoms with Crippen molar-refractivity contribution >= 4 is 23.4 Å². The number of carbonyl (C=O) groups excluding carboxylic acids is 2. The molecule has 0 radical (unpaired) electrons. The zero-order valence-corrected chi connectivity index (χ0v) is 17.7. The zero-order chi connectivity index (χ0) is 21.5. The van der Waals surface area contributed by atoms with Crippen LogP contribution in [0.15, 0.2) is 54.7 Å². The van der Waals surface area contributed by atoms with Gasteiger partial charge in [0.1, 0.15) is 12.4 Å². The molecule has 1 amide bonds. The van der Waals surface area contributed by atoms with E-state index in [-0.39, 0.29) is 31.1 Å². The predicted molar refractivity (Wildman–Crippen MR) is 115 cm³/mol. The second-order valence-electron chi connectivity index (χ2n) is 7.14. The molecule has 7 heteroatoms. The molecular formula is C23H23FN2O3S. The van der Waals surface area contributed by atoms with Crippen LogP contribution in [-0.4, -0.2) is 22.8 Å². The van der Waals surface area contributed by atoms with Crippen LogP contribution < -0.4 is 5.32 Å². The van der Waals surface area contributed by atoms with Crippen molar-refractivity contribution in [3.63, 3.8) is 0 Å². The molecule has 0 aliphatic rings. The first-order valence-corrected chi connectivity index (χ1v) is 10.4. The van der Waals surface area contributed by atoms with Crippen LogP contribution in [0.25, 0.3) is 11.1 Å². The topological polar surface area (TPSA) is 68.3 Å². The van der Waals surface area contributed by atoms with Gasteiger partial charge in [0.25, 0.3) is 5.91 Å². The molecule has 0 unspecified atom stereocenters. The highest BCUT2D eigenvalue weighted by Crippen LogP contribution is 2.33.